The van der Waals surface area contributed by atoms with E-state index >= 15 is 0 Å². The highest BCUT2D eigenvalue weighted by Gasteiger charge is 2.29. The average molecular weight is 395 g/mol. The fourth-order valence-electron chi connectivity index (χ4n) is 2.79. The lowest BCUT2D eigenvalue weighted by Crippen LogP contribution is -2.45. The molecular formula is C16H18ClF3N2S2. The summed E-state index contributed by atoms with van der Waals surface area (Å²) in [7, 11) is 0. The third kappa shape index (κ3) is 5.13. The Morgan fingerprint density at radius 2 is 1.75 bits per heavy atom. The molecule has 0 radical (unpaired) electrons. The summed E-state index contributed by atoms with van der Waals surface area (Å²) < 4.78 is 37.4. The van der Waals surface area contributed by atoms with E-state index < -0.39 is 5.51 Å². The molecule has 8 heteroatoms. The van der Waals surface area contributed by atoms with Gasteiger partial charge in [0.1, 0.15) is 0 Å². The molecule has 0 bridgehead atoms. The molecule has 2 aromatic rings. The predicted molar refractivity (Wildman–Crippen MR) is 96.2 cm³/mol. The zero-order valence-corrected chi connectivity index (χ0v) is 15.2. The van der Waals surface area contributed by atoms with Gasteiger partial charge in [0.15, 0.2) is 0 Å². The van der Waals surface area contributed by atoms with E-state index in [2.05, 4.69) is 16.3 Å². The van der Waals surface area contributed by atoms with Crippen LogP contribution in [0, 0.1) is 0 Å². The summed E-state index contributed by atoms with van der Waals surface area (Å²) in [5.41, 5.74) is -3.20. The van der Waals surface area contributed by atoms with Crippen molar-refractivity contribution in [2.45, 2.75) is 16.4 Å². The normalized spacial score (nSPS) is 17.3. The van der Waals surface area contributed by atoms with E-state index in [1.54, 1.807) is 23.5 Å². The second-order valence-electron chi connectivity index (χ2n) is 5.32. The molecule has 1 aromatic carbocycles. The van der Waals surface area contributed by atoms with E-state index in [9.17, 15) is 13.2 Å². The Morgan fingerprint density at radius 1 is 1.08 bits per heavy atom. The van der Waals surface area contributed by atoms with Crippen molar-refractivity contribution in [3.63, 3.8) is 0 Å². The smallest absolute Gasteiger partial charge is 0.314 e. The van der Waals surface area contributed by atoms with Gasteiger partial charge in [-0.15, -0.1) is 23.7 Å². The fourth-order valence-corrected chi connectivity index (χ4v) is 4.22. The van der Waals surface area contributed by atoms with Crippen molar-refractivity contribution in [3.05, 3.63) is 52.2 Å². The van der Waals surface area contributed by atoms with Crippen molar-refractivity contribution in [3.8, 4) is 0 Å². The molecule has 3 rings (SSSR count). The summed E-state index contributed by atoms with van der Waals surface area (Å²) in [6, 6.07) is 11.0. The van der Waals surface area contributed by atoms with Crippen molar-refractivity contribution in [1.29, 1.82) is 0 Å². The van der Waals surface area contributed by atoms with Crippen molar-refractivity contribution in [2.24, 2.45) is 0 Å². The van der Waals surface area contributed by atoms with Crippen LogP contribution in [-0.4, -0.2) is 36.6 Å². The molecule has 1 aromatic heterocycles. The van der Waals surface area contributed by atoms with Gasteiger partial charge in [0, 0.05) is 36.0 Å². The van der Waals surface area contributed by atoms with Crippen LogP contribution < -0.4 is 5.32 Å². The Bertz CT molecular complexity index is 611. The molecule has 0 unspecified atom stereocenters. The van der Waals surface area contributed by atoms with Gasteiger partial charge in [-0.3, -0.25) is 4.90 Å². The number of thiophene rings is 1. The number of alkyl halides is 3. The first kappa shape index (κ1) is 19.6. The molecule has 0 saturated carbocycles. The Balaban J connectivity index is 0.00000208. The van der Waals surface area contributed by atoms with E-state index in [0.717, 1.165) is 31.7 Å². The predicted octanol–water partition coefficient (Wildman–Crippen LogP) is 4.78. The van der Waals surface area contributed by atoms with Crippen LogP contribution in [0.3, 0.4) is 0 Å². The lowest BCUT2D eigenvalue weighted by atomic mass is 10.0. The van der Waals surface area contributed by atoms with Gasteiger partial charge in [0.25, 0.3) is 0 Å². The van der Waals surface area contributed by atoms with Gasteiger partial charge >= 0.3 is 5.51 Å². The van der Waals surface area contributed by atoms with Crippen LogP contribution >= 0.6 is 35.5 Å². The number of nitrogens with zero attached hydrogens (tertiary/aromatic N) is 1. The zero-order chi connectivity index (χ0) is 16.3. The maximum atomic E-state index is 12.5. The summed E-state index contributed by atoms with van der Waals surface area (Å²) >= 11 is 1.62. The minimum absolute atomic E-state index is 0. The molecule has 1 saturated heterocycles. The van der Waals surface area contributed by atoms with Crippen LogP contribution in [-0.2, 0) is 0 Å². The second kappa shape index (κ2) is 8.58. The van der Waals surface area contributed by atoms with Crippen molar-refractivity contribution < 1.29 is 13.2 Å². The number of hydrogen-bond acceptors (Lipinski definition) is 4. The van der Waals surface area contributed by atoms with Crippen LogP contribution in [0.25, 0.3) is 0 Å². The molecule has 1 atom stereocenters. The van der Waals surface area contributed by atoms with Crippen LogP contribution in [0.15, 0.2) is 46.7 Å². The first-order valence-corrected chi connectivity index (χ1v) is 9.06. The average Bonchev–Trinajstić information content (AvgIpc) is 3.03. The highest BCUT2D eigenvalue weighted by molar-refractivity contribution is 8.00. The van der Waals surface area contributed by atoms with Crippen LogP contribution in [0.4, 0.5) is 13.2 Å². The second-order valence-corrected chi connectivity index (χ2v) is 7.44. The quantitative estimate of drug-likeness (QED) is 0.751. The number of benzene rings is 1. The van der Waals surface area contributed by atoms with Crippen molar-refractivity contribution >= 4 is 35.5 Å². The first-order valence-electron chi connectivity index (χ1n) is 7.37. The largest absolute Gasteiger partial charge is 0.446 e. The lowest BCUT2D eigenvalue weighted by molar-refractivity contribution is -0.0328. The minimum atomic E-state index is -4.24. The maximum absolute atomic E-state index is 12.5. The Kier molecular flexibility index (Phi) is 7.00. The monoisotopic (exact) mass is 394 g/mol. The Hall–Kier alpha value is -0.730. The number of piperazine rings is 1. The van der Waals surface area contributed by atoms with E-state index in [1.165, 1.54) is 4.88 Å². The van der Waals surface area contributed by atoms with E-state index in [0.29, 0.717) is 0 Å². The van der Waals surface area contributed by atoms with Crippen molar-refractivity contribution in [2.75, 3.05) is 26.2 Å². The Morgan fingerprint density at radius 3 is 2.29 bits per heavy atom. The third-order valence-corrected chi connectivity index (χ3v) is 5.42. The molecular weight excluding hydrogens is 377 g/mol. The van der Waals surface area contributed by atoms with Gasteiger partial charge in [-0.25, -0.2) is 0 Å². The van der Waals surface area contributed by atoms with Gasteiger partial charge in [-0.1, -0.05) is 18.2 Å². The van der Waals surface area contributed by atoms with Gasteiger partial charge in [-0.05, 0) is 40.9 Å². The molecule has 0 amide bonds. The van der Waals surface area contributed by atoms with Crippen LogP contribution in [0.1, 0.15) is 16.5 Å². The summed E-state index contributed by atoms with van der Waals surface area (Å²) in [6.45, 7) is 3.73. The molecule has 2 heterocycles. The number of hydrogen-bond donors (Lipinski definition) is 1. The summed E-state index contributed by atoms with van der Waals surface area (Å²) in [6.07, 6.45) is 0. The van der Waals surface area contributed by atoms with E-state index in [4.69, 9.17) is 0 Å². The topological polar surface area (TPSA) is 15.3 Å². The van der Waals surface area contributed by atoms with Crippen LogP contribution in [0.5, 0.6) is 0 Å². The molecule has 24 heavy (non-hydrogen) atoms. The maximum Gasteiger partial charge on any atom is 0.446 e. The van der Waals surface area contributed by atoms with Crippen molar-refractivity contribution in [1.82, 2.24) is 10.2 Å². The molecule has 1 aliphatic heterocycles. The Labute approximate surface area is 153 Å². The van der Waals surface area contributed by atoms with Gasteiger partial charge in [0.2, 0.25) is 0 Å². The zero-order valence-electron chi connectivity index (χ0n) is 12.8. The van der Waals surface area contributed by atoms with Crippen LogP contribution in [0.2, 0.25) is 0 Å². The summed E-state index contributed by atoms with van der Waals surface area (Å²) in [4.78, 5) is 3.84. The molecule has 1 fully saturated rings. The first-order chi connectivity index (χ1) is 11.0. The summed E-state index contributed by atoms with van der Waals surface area (Å²) in [5, 5.41) is 5.37. The summed E-state index contributed by atoms with van der Waals surface area (Å²) in [5.74, 6) is 0. The molecule has 2 nitrogen and oxygen atoms in total. The minimum Gasteiger partial charge on any atom is -0.314 e. The van der Waals surface area contributed by atoms with Gasteiger partial charge in [-0.2, -0.15) is 13.2 Å². The molecule has 1 aliphatic rings. The molecule has 0 spiro atoms. The SMILES string of the molecule is Cl.FC(F)(F)Sc1ccc([C@H](c2cccs2)N2CCNCC2)cc1. The highest BCUT2D eigenvalue weighted by atomic mass is 35.5. The van der Waals surface area contributed by atoms with Gasteiger partial charge in [0.05, 0.1) is 6.04 Å². The number of halogens is 4. The number of rotatable bonds is 4. The van der Waals surface area contributed by atoms with E-state index in [-0.39, 0.29) is 35.1 Å². The lowest BCUT2D eigenvalue weighted by Gasteiger charge is -2.34. The fraction of sp³-hybridized carbons (Fsp3) is 0.375. The molecule has 132 valence electrons. The van der Waals surface area contributed by atoms with E-state index in [1.807, 2.05) is 23.6 Å². The molecule has 1 N–H and O–H groups in total. The van der Waals surface area contributed by atoms with Gasteiger partial charge < -0.3 is 5.32 Å². The standard InChI is InChI=1S/C16H17F3N2S2.ClH/c17-16(18,19)23-13-5-3-12(4-6-13)15(14-2-1-11-22-14)21-9-7-20-8-10-21;/h1-6,11,15,20H,7-10H2;1H/t15-;/m1./s1. The molecule has 0 aliphatic carbocycles. The highest BCUT2D eigenvalue weighted by Crippen LogP contribution is 2.38. The number of nitrogens with one attached hydrogen (secondary N) is 1. The third-order valence-electron chi connectivity index (χ3n) is 3.76. The number of thioether (sulfide) groups is 1.